The Morgan fingerprint density at radius 1 is 0.827 bits per heavy atom. The lowest BCUT2D eigenvalue weighted by molar-refractivity contribution is -0.140. The number of aromatic hydroxyl groups is 1. The van der Waals surface area contributed by atoms with E-state index in [-0.39, 0.29) is 36.6 Å². The van der Waals surface area contributed by atoms with Crippen molar-refractivity contribution in [1.29, 1.82) is 0 Å². The van der Waals surface area contributed by atoms with Gasteiger partial charge in [0.1, 0.15) is 23.9 Å². The Morgan fingerprint density at radius 2 is 1.40 bits per heavy atom. The van der Waals surface area contributed by atoms with Gasteiger partial charge in [-0.15, -0.1) is 0 Å². The number of carbonyl (C=O) groups is 5. The van der Waals surface area contributed by atoms with Crippen LogP contribution in [0.15, 0.2) is 54.6 Å². The highest BCUT2D eigenvalue weighted by atomic mass is 32.2. The fourth-order valence-electron chi connectivity index (χ4n) is 8.65. The van der Waals surface area contributed by atoms with Crippen LogP contribution in [0.4, 0.5) is 0 Å². The molecule has 0 aromatic heterocycles. The van der Waals surface area contributed by atoms with Crippen molar-refractivity contribution in [2.75, 3.05) is 25.6 Å². The molecule has 282 valence electrons. The summed E-state index contributed by atoms with van der Waals surface area (Å²) in [6.45, 7) is 1.39. The van der Waals surface area contributed by atoms with Crippen molar-refractivity contribution in [1.82, 2.24) is 26.2 Å². The number of likely N-dealkylation sites (N-methyl/N-ethyl adjacent to an activating group) is 1. The average molecular weight is 735 g/mol. The van der Waals surface area contributed by atoms with E-state index < -0.39 is 47.8 Å². The topological polar surface area (TPSA) is 183 Å². The van der Waals surface area contributed by atoms with Gasteiger partial charge < -0.3 is 37.0 Å². The van der Waals surface area contributed by atoms with Gasteiger partial charge in [0.15, 0.2) is 0 Å². The molecule has 2 aromatic carbocycles. The van der Waals surface area contributed by atoms with Gasteiger partial charge in [-0.25, -0.2) is 0 Å². The first-order valence-electron chi connectivity index (χ1n) is 18.4. The number of nitrogens with one attached hydrogen (secondary N) is 4. The van der Waals surface area contributed by atoms with Crippen molar-refractivity contribution in [3.8, 4) is 5.75 Å². The molecule has 4 aliphatic rings. The molecule has 4 atom stereocenters. The van der Waals surface area contributed by atoms with Gasteiger partial charge in [-0.1, -0.05) is 42.5 Å². The molecular weight excluding hydrogens is 681 g/mol. The summed E-state index contributed by atoms with van der Waals surface area (Å²) >= 11 is 1.51. The summed E-state index contributed by atoms with van der Waals surface area (Å²) in [5.74, 6) is 0.442. The second-order valence-electron chi connectivity index (χ2n) is 15.2. The molecule has 0 saturated heterocycles. The van der Waals surface area contributed by atoms with E-state index in [4.69, 9.17) is 5.73 Å². The predicted octanol–water partition coefficient (Wildman–Crippen LogP) is 2.28. The predicted molar refractivity (Wildman–Crippen MR) is 201 cm³/mol. The molecule has 0 radical (unpaired) electrons. The van der Waals surface area contributed by atoms with E-state index in [1.54, 1.807) is 19.2 Å². The van der Waals surface area contributed by atoms with Crippen LogP contribution < -0.4 is 27.0 Å². The Kier molecular flexibility index (Phi) is 13.2. The minimum absolute atomic E-state index is 0.103. The first-order chi connectivity index (χ1) is 24.8. The smallest absolute Gasteiger partial charge is 0.245 e. The molecule has 4 fully saturated rings. The molecule has 13 heteroatoms. The number of nitrogens with two attached hydrogens (primary N) is 1. The SMILES string of the molecule is CSCC[C@@H](NC(=O)[C@@H](N)Cc1ccc(O)cc1)C(=O)N[C@@H](C)C(=O)N[C@@H](Cc1ccccc1)C(=O)N(C)CC(=O)NC12CC3CC(CC(C3)C1)C2. The first kappa shape index (κ1) is 39.1. The largest absolute Gasteiger partial charge is 0.508 e. The van der Waals surface area contributed by atoms with Gasteiger partial charge in [0.05, 0.1) is 12.6 Å². The number of hydrogen-bond acceptors (Lipinski definition) is 8. The van der Waals surface area contributed by atoms with Crippen molar-refractivity contribution >= 4 is 41.3 Å². The number of phenols is 1. The lowest BCUT2D eigenvalue weighted by Crippen LogP contribution is -2.61. The third kappa shape index (κ3) is 10.5. The zero-order valence-corrected chi connectivity index (χ0v) is 31.3. The van der Waals surface area contributed by atoms with Crippen LogP contribution in [0.2, 0.25) is 0 Å². The van der Waals surface area contributed by atoms with Crippen LogP contribution in [-0.2, 0) is 36.8 Å². The summed E-state index contributed by atoms with van der Waals surface area (Å²) in [6, 6.07) is 11.8. The summed E-state index contributed by atoms with van der Waals surface area (Å²) in [7, 11) is 1.57. The summed E-state index contributed by atoms with van der Waals surface area (Å²) < 4.78 is 0. The van der Waals surface area contributed by atoms with Crippen LogP contribution in [0.3, 0.4) is 0 Å². The van der Waals surface area contributed by atoms with Crippen molar-refractivity contribution in [3.63, 3.8) is 0 Å². The summed E-state index contributed by atoms with van der Waals surface area (Å²) in [5.41, 5.74) is 7.56. The highest BCUT2D eigenvalue weighted by Gasteiger charge is 2.51. The van der Waals surface area contributed by atoms with E-state index in [0.717, 1.165) is 30.4 Å². The number of rotatable bonds is 17. The number of carbonyl (C=O) groups excluding carboxylic acids is 5. The van der Waals surface area contributed by atoms with Crippen molar-refractivity contribution in [2.45, 2.75) is 94.4 Å². The molecule has 4 saturated carbocycles. The van der Waals surface area contributed by atoms with Gasteiger partial charge in [-0.05, 0) is 111 Å². The molecule has 0 heterocycles. The monoisotopic (exact) mass is 734 g/mol. The molecule has 12 nitrogen and oxygen atoms in total. The number of benzene rings is 2. The third-order valence-corrected chi connectivity index (χ3v) is 11.5. The zero-order valence-electron chi connectivity index (χ0n) is 30.4. The number of hydrogen-bond donors (Lipinski definition) is 6. The molecule has 6 rings (SSSR count). The number of amides is 5. The molecule has 0 unspecified atom stereocenters. The van der Waals surface area contributed by atoms with Gasteiger partial charge in [-0.2, -0.15) is 11.8 Å². The first-order valence-corrected chi connectivity index (χ1v) is 19.8. The Morgan fingerprint density at radius 3 is 2.00 bits per heavy atom. The second kappa shape index (κ2) is 17.6. The van der Waals surface area contributed by atoms with Gasteiger partial charge in [0.25, 0.3) is 0 Å². The van der Waals surface area contributed by atoms with Gasteiger partial charge in [0, 0.05) is 19.0 Å². The third-order valence-electron chi connectivity index (χ3n) is 10.8. The molecule has 52 heavy (non-hydrogen) atoms. The molecule has 0 spiro atoms. The van der Waals surface area contributed by atoms with E-state index in [2.05, 4.69) is 21.3 Å². The van der Waals surface area contributed by atoms with Crippen LogP contribution in [0, 0.1) is 17.8 Å². The Bertz CT molecular complexity index is 1540. The van der Waals surface area contributed by atoms with E-state index >= 15 is 0 Å². The summed E-state index contributed by atoms with van der Waals surface area (Å²) in [4.78, 5) is 68.5. The van der Waals surface area contributed by atoms with Gasteiger partial charge in [0.2, 0.25) is 29.5 Å². The second-order valence-corrected chi connectivity index (χ2v) is 16.2. The summed E-state index contributed by atoms with van der Waals surface area (Å²) in [6.07, 6.45) is 9.40. The molecule has 4 aliphatic carbocycles. The van der Waals surface area contributed by atoms with E-state index in [1.165, 1.54) is 55.0 Å². The van der Waals surface area contributed by atoms with Crippen molar-refractivity contribution in [2.24, 2.45) is 23.5 Å². The van der Waals surface area contributed by atoms with E-state index in [9.17, 15) is 29.1 Å². The normalized spacial score (nSPS) is 23.8. The molecule has 2 aromatic rings. The highest BCUT2D eigenvalue weighted by Crippen LogP contribution is 2.55. The van der Waals surface area contributed by atoms with Crippen LogP contribution in [-0.4, -0.2) is 94.8 Å². The minimum Gasteiger partial charge on any atom is -0.508 e. The fourth-order valence-corrected chi connectivity index (χ4v) is 9.12. The van der Waals surface area contributed by atoms with Crippen molar-refractivity contribution in [3.05, 3.63) is 65.7 Å². The molecule has 0 aliphatic heterocycles. The van der Waals surface area contributed by atoms with Crippen LogP contribution in [0.25, 0.3) is 0 Å². The maximum Gasteiger partial charge on any atom is 0.245 e. The maximum absolute atomic E-state index is 13.9. The molecule has 4 bridgehead atoms. The quantitative estimate of drug-likeness (QED) is 0.143. The van der Waals surface area contributed by atoms with Crippen molar-refractivity contribution < 1.29 is 29.1 Å². The standard InChI is InChI=1S/C39H54N6O6S/c1-24(41-37(50)32(13-14-52-3)42-36(49)31(40)18-26-9-11-30(46)12-10-26)35(48)43-33(19-25-7-5-4-6-8-25)38(51)45(2)23-34(47)44-39-20-27-15-28(21-39)17-29(16-27)22-39/h4-12,24,27-29,31-33,46H,13-23,40H2,1-3H3,(H,41,50)(H,42,49)(H,43,48)(H,44,47)/t24-,27?,28?,29?,31-,32+,33-,39?/m0/s1. The van der Waals surface area contributed by atoms with Gasteiger partial charge in [-0.3, -0.25) is 24.0 Å². The minimum atomic E-state index is -1.04. The number of phenolic OH excluding ortho intramolecular Hbond substituents is 1. The number of thioether (sulfide) groups is 1. The molecule has 5 amide bonds. The zero-order chi connectivity index (χ0) is 37.4. The Hall–Kier alpha value is -4.10. The van der Waals surface area contributed by atoms with E-state index in [0.29, 0.717) is 29.9 Å². The fraction of sp³-hybridized carbons (Fsp3) is 0.564. The van der Waals surface area contributed by atoms with Gasteiger partial charge >= 0.3 is 0 Å². The van der Waals surface area contributed by atoms with Crippen LogP contribution in [0.1, 0.15) is 63.0 Å². The molecule has 7 N–H and O–H groups in total. The molecular formula is C39H54N6O6S. The lowest BCUT2D eigenvalue weighted by atomic mass is 9.53. The van der Waals surface area contributed by atoms with E-state index in [1.807, 2.05) is 36.6 Å². The summed E-state index contributed by atoms with van der Waals surface area (Å²) in [5, 5.41) is 21.1. The Balaban J connectivity index is 1.18. The number of nitrogens with zero attached hydrogens (tertiary/aromatic N) is 1. The maximum atomic E-state index is 13.9. The Labute approximate surface area is 310 Å². The average Bonchev–Trinajstić information content (AvgIpc) is 3.09. The van der Waals surface area contributed by atoms with Crippen LogP contribution in [0.5, 0.6) is 5.75 Å². The lowest BCUT2D eigenvalue weighted by Gasteiger charge is -2.57. The highest BCUT2D eigenvalue weighted by molar-refractivity contribution is 7.98. The van der Waals surface area contributed by atoms with Crippen LogP contribution >= 0.6 is 11.8 Å².